The van der Waals surface area contributed by atoms with Gasteiger partial charge in [0.25, 0.3) is 0 Å². The van der Waals surface area contributed by atoms with E-state index in [1.807, 2.05) is 0 Å². The highest BCUT2D eigenvalue weighted by molar-refractivity contribution is 7.89. The highest BCUT2D eigenvalue weighted by Crippen LogP contribution is 2.23. The first-order valence-corrected chi connectivity index (χ1v) is 10.1. The Hall–Kier alpha value is -0.170. The Labute approximate surface area is 130 Å². The van der Waals surface area contributed by atoms with Gasteiger partial charge in [-0.2, -0.15) is 0 Å². The van der Waals surface area contributed by atoms with Crippen LogP contribution < -0.4 is 5.32 Å². The molecule has 5 nitrogen and oxygen atoms in total. The molecular formula is C15H31N3O2S. The molecule has 0 saturated carbocycles. The van der Waals surface area contributed by atoms with E-state index in [0.717, 1.165) is 45.3 Å². The van der Waals surface area contributed by atoms with Crippen LogP contribution in [0, 0.1) is 0 Å². The van der Waals surface area contributed by atoms with Gasteiger partial charge in [-0.15, -0.1) is 0 Å². The lowest BCUT2D eigenvalue weighted by Gasteiger charge is -2.25. The molecule has 2 saturated heterocycles. The Morgan fingerprint density at radius 1 is 1.14 bits per heavy atom. The molecule has 2 heterocycles. The first-order valence-electron chi connectivity index (χ1n) is 8.44. The lowest BCUT2D eigenvalue weighted by Crippen LogP contribution is -2.40. The second-order valence-electron chi connectivity index (χ2n) is 6.68. The molecule has 2 aliphatic rings. The fourth-order valence-electron chi connectivity index (χ4n) is 3.35. The molecular weight excluding hydrogens is 286 g/mol. The molecule has 2 fully saturated rings. The van der Waals surface area contributed by atoms with Crippen LogP contribution in [0.2, 0.25) is 0 Å². The van der Waals surface area contributed by atoms with Crippen LogP contribution >= 0.6 is 0 Å². The summed E-state index contributed by atoms with van der Waals surface area (Å²) < 4.78 is 26.8. The number of hydrogen-bond acceptors (Lipinski definition) is 4. The highest BCUT2D eigenvalue weighted by atomic mass is 32.2. The predicted molar refractivity (Wildman–Crippen MR) is 86.9 cm³/mol. The number of hydrogen-bond donors (Lipinski definition) is 1. The molecule has 0 aliphatic carbocycles. The van der Waals surface area contributed by atoms with Crippen LogP contribution in [0.5, 0.6) is 0 Å². The standard InChI is InChI=1S/C15H31N3O2S/c1-14(2)16-8-3-4-12-21(19,20)18-11-6-10-17-9-5-7-15(17)13-18/h14-16H,3-13H2,1-2H3. The van der Waals surface area contributed by atoms with Crippen molar-refractivity contribution in [3.63, 3.8) is 0 Å². The van der Waals surface area contributed by atoms with E-state index in [-0.39, 0.29) is 0 Å². The molecule has 1 unspecified atom stereocenters. The molecule has 0 amide bonds. The number of rotatable bonds is 7. The number of nitrogens with one attached hydrogen (secondary N) is 1. The van der Waals surface area contributed by atoms with E-state index in [2.05, 4.69) is 24.1 Å². The zero-order chi connectivity index (χ0) is 15.3. The molecule has 0 aromatic heterocycles. The Morgan fingerprint density at radius 2 is 1.90 bits per heavy atom. The lowest BCUT2D eigenvalue weighted by molar-refractivity contribution is 0.257. The molecule has 0 spiro atoms. The van der Waals surface area contributed by atoms with Crippen molar-refractivity contribution in [3.05, 3.63) is 0 Å². The van der Waals surface area contributed by atoms with Gasteiger partial charge >= 0.3 is 0 Å². The van der Waals surface area contributed by atoms with Crippen molar-refractivity contribution in [2.24, 2.45) is 0 Å². The summed E-state index contributed by atoms with van der Waals surface area (Å²) in [6.45, 7) is 8.77. The van der Waals surface area contributed by atoms with Gasteiger partial charge in [0.15, 0.2) is 0 Å². The van der Waals surface area contributed by atoms with Crippen molar-refractivity contribution in [1.82, 2.24) is 14.5 Å². The molecule has 6 heteroatoms. The Kier molecular flexibility index (Phi) is 6.47. The van der Waals surface area contributed by atoms with Crippen molar-refractivity contribution in [2.45, 2.75) is 58.0 Å². The van der Waals surface area contributed by atoms with E-state index in [4.69, 9.17) is 0 Å². The van der Waals surface area contributed by atoms with Gasteiger partial charge in [-0.25, -0.2) is 12.7 Å². The fourth-order valence-corrected chi connectivity index (χ4v) is 4.99. The highest BCUT2D eigenvalue weighted by Gasteiger charge is 2.33. The van der Waals surface area contributed by atoms with Crippen molar-refractivity contribution < 1.29 is 8.42 Å². The molecule has 124 valence electrons. The van der Waals surface area contributed by atoms with E-state index in [1.165, 1.54) is 6.42 Å². The van der Waals surface area contributed by atoms with Gasteiger partial charge in [0.1, 0.15) is 0 Å². The van der Waals surface area contributed by atoms with Crippen LogP contribution in [0.15, 0.2) is 0 Å². The topological polar surface area (TPSA) is 52.7 Å². The van der Waals surface area contributed by atoms with Gasteiger partial charge in [0.2, 0.25) is 10.0 Å². The third-order valence-corrected chi connectivity index (χ3v) is 6.46. The Morgan fingerprint density at radius 3 is 2.67 bits per heavy atom. The van der Waals surface area contributed by atoms with Gasteiger partial charge < -0.3 is 5.32 Å². The maximum absolute atomic E-state index is 12.5. The summed E-state index contributed by atoms with van der Waals surface area (Å²) in [7, 11) is -3.07. The van der Waals surface area contributed by atoms with Crippen LogP contribution in [0.25, 0.3) is 0 Å². The molecule has 1 atom stereocenters. The first-order chi connectivity index (χ1) is 9.99. The summed E-state index contributed by atoms with van der Waals surface area (Å²) in [6, 6.07) is 0.936. The van der Waals surface area contributed by atoms with Gasteiger partial charge in [0.05, 0.1) is 5.75 Å². The van der Waals surface area contributed by atoms with Crippen molar-refractivity contribution in [1.29, 1.82) is 0 Å². The van der Waals surface area contributed by atoms with E-state index in [0.29, 0.717) is 30.9 Å². The van der Waals surface area contributed by atoms with Gasteiger partial charge in [-0.05, 0) is 51.7 Å². The normalized spacial score (nSPS) is 25.2. The quantitative estimate of drug-likeness (QED) is 0.718. The number of nitrogens with zero attached hydrogens (tertiary/aromatic N) is 2. The van der Waals surface area contributed by atoms with Crippen LogP contribution in [0.1, 0.15) is 46.0 Å². The van der Waals surface area contributed by atoms with Gasteiger partial charge in [-0.3, -0.25) is 4.90 Å². The van der Waals surface area contributed by atoms with Crippen molar-refractivity contribution >= 4 is 10.0 Å². The minimum atomic E-state index is -3.07. The Bertz CT molecular complexity index is 411. The summed E-state index contributed by atoms with van der Waals surface area (Å²) in [5, 5.41) is 3.34. The minimum absolute atomic E-state index is 0.305. The zero-order valence-corrected chi connectivity index (χ0v) is 14.4. The second-order valence-corrected chi connectivity index (χ2v) is 8.76. The average Bonchev–Trinajstić information content (AvgIpc) is 2.74. The molecule has 2 aliphatic heterocycles. The molecule has 1 N–H and O–H groups in total. The van der Waals surface area contributed by atoms with E-state index in [9.17, 15) is 8.42 Å². The summed E-state index contributed by atoms with van der Waals surface area (Å²) in [5.41, 5.74) is 0. The number of fused-ring (bicyclic) bond motifs is 1. The molecule has 0 aromatic carbocycles. The monoisotopic (exact) mass is 317 g/mol. The van der Waals surface area contributed by atoms with E-state index >= 15 is 0 Å². The maximum atomic E-state index is 12.5. The smallest absolute Gasteiger partial charge is 0.214 e. The average molecular weight is 317 g/mol. The zero-order valence-electron chi connectivity index (χ0n) is 13.6. The van der Waals surface area contributed by atoms with Crippen LogP contribution in [0.3, 0.4) is 0 Å². The largest absolute Gasteiger partial charge is 0.315 e. The lowest BCUT2D eigenvalue weighted by atomic mass is 10.2. The summed E-state index contributed by atoms with van der Waals surface area (Å²) >= 11 is 0. The summed E-state index contributed by atoms with van der Waals surface area (Å²) in [4.78, 5) is 2.47. The van der Waals surface area contributed by atoms with Crippen LogP contribution in [0.4, 0.5) is 0 Å². The van der Waals surface area contributed by atoms with Gasteiger partial charge in [-0.1, -0.05) is 13.8 Å². The number of unbranched alkanes of at least 4 members (excludes halogenated alkanes) is 1. The van der Waals surface area contributed by atoms with Gasteiger partial charge in [0, 0.05) is 25.2 Å². The van der Waals surface area contributed by atoms with Crippen LogP contribution in [-0.4, -0.2) is 68.2 Å². The Balaban J connectivity index is 1.78. The molecule has 0 aromatic rings. The van der Waals surface area contributed by atoms with E-state index in [1.54, 1.807) is 4.31 Å². The van der Waals surface area contributed by atoms with E-state index < -0.39 is 10.0 Å². The van der Waals surface area contributed by atoms with Crippen molar-refractivity contribution in [3.8, 4) is 0 Å². The molecule has 0 bridgehead atoms. The minimum Gasteiger partial charge on any atom is -0.315 e. The van der Waals surface area contributed by atoms with Crippen molar-refractivity contribution in [2.75, 3.05) is 38.5 Å². The SMILES string of the molecule is CC(C)NCCCCS(=O)(=O)N1CCCN2CCCC2C1. The second kappa shape index (κ2) is 7.90. The maximum Gasteiger partial charge on any atom is 0.214 e. The summed E-state index contributed by atoms with van der Waals surface area (Å²) in [5.74, 6) is 0.305. The third-order valence-electron chi connectivity index (χ3n) is 4.54. The first kappa shape index (κ1) is 17.2. The third kappa shape index (κ3) is 5.20. The van der Waals surface area contributed by atoms with Crippen LogP contribution in [-0.2, 0) is 10.0 Å². The predicted octanol–water partition coefficient (Wildman–Crippen LogP) is 1.26. The molecule has 21 heavy (non-hydrogen) atoms. The fraction of sp³-hybridized carbons (Fsp3) is 1.00. The molecule has 0 radical (unpaired) electrons. The molecule has 2 rings (SSSR count). The number of sulfonamides is 1. The summed E-state index contributed by atoms with van der Waals surface area (Å²) in [6.07, 6.45) is 5.04.